The van der Waals surface area contributed by atoms with Crippen molar-refractivity contribution in [3.8, 4) is 0 Å². The third kappa shape index (κ3) is 4.10. The van der Waals surface area contributed by atoms with E-state index >= 15 is 0 Å². The van der Waals surface area contributed by atoms with Crippen LogP contribution in [0.15, 0.2) is 53.4 Å². The zero-order valence-corrected chi connectivity index (χ0v) is 14.0. The number of benzene rings is 2. The molecule has 0 saturated carbocycles. The maximum absolute atomic E-state index is 12.2. The fourth-order valence-electron chi connectivity index (χ4n) is 2.32. The number of nitrogens with one attached hydrogen (secondary N) is 2. The molecule has 0 aliphatic rings. The molecular formula is C17H20N2O3S. The van der Waals surface area contributed by atoms with Crippen molar-refractivity contribution in [2.45, 2.75) is 31.6 Å². The Hall–Kier alpha value is -2.34. The highest BCUT2D eigenvalue weighted by atomic mass is 32.2. The first-order chi connectivity index (χ1) is 11.0. The van der Waals surface area contributed by atoms with E-state index in [0.29, 0.717) is 5.69 Å². The highest BCUT2D eigenvalue weighted by Crippen LogP contribution is 2.22. The van der Waals surface area contributed by atoms with Gasteiger partial charge in [0, 0.05) is 5.69 Å². The molecule has 2 rings (SSSR count). The quantitative estimate of drug-likeness (QED) is 0.882. The number of anilines is 1. The van der Waals surface area contributed by atoms with Crippen LogP contribution in [0, 0.1) is 0 Å². The van der Waals surface area contributed by atoms with Crippen LogP contribution in [0.2, 0.25) is 0 Å². The number of sulfonamides is 1. The molecule has 2 aromatic rings. The lowest BCUT2D eigenvalue weighted by Crippen LogP contribution is -2.34. The number of amides is 2. The van der Waals surface area contributed by atoms with Gasteiger partial charge in [-0.3, -0.25) is 0 Å². The number of hydrogen-bond acceptors (Lipinski definition) is 3. The molecule has 0 saturated heterocycles. The predicted molar refractivity (Wildman–Crippen MR) is 91.0 cm³/mol. The van der Waals surface area contributed by atoms with E-state index < -0.39 is 16.1 Å². The second-order valence-corrected chi connectivity index (χ2v) is 6.71. The minimum atomic E-state index is -3.88. The standard InChI is InChI=1S/C17H20N2O3S/c1-3-13-9-8-10-14(4-2)16(13)18-17(20)19-23(21,22)15-11-6-5-7-12-15/h5-12H,3-4H2,1-2H3,(H2,18,19,20). The van der Waals surface area contributed by atoms with Gasteiger partial charge in [-0.25, -0.2) is 17.9 Å². The van der Waals surface area contributed by atoms with Gasteiger partial charge in [-0.15, -0.1) is 0 Å². The summed E-state index contributed by atoms with van der Waals surface area (Å²) >= 11 is 0. The Balaban J connectivity index is 2.21. The highest BCUT2D eigenvalue weighted by Gasteiger charge is 2.18. The Morgan fingerprint density at radius 1 is 0.913 bits per heavy atom. The second-order valence-electron chi connectivity index (χ2n) is 5.03. The van der Waals surface area contributed by atoms with Gasteiger partial charge in [-0.05, 0) is 36.1 Å². The van der Waals surface area contributed by atoms with Gasteiger partial charge >= 0.3 is 6.03 Å². The van der Waals surface area contributed by atoms with E-state index in [9.17, 15) is 13.2 Å². The van der Waals surface area contributed by atoms with Crippen LogP contribution in [0.25, 0.3) is 0 Å². The van der Waals surface area contributed by atoms with Crippen LogP contribution in [0.3, 0.4) is 0 Å². The van der Waals surface area contributed by atoms with Crippen molar-refractivity contribution in [1.82, 2.24) is 4.72 Å². The summed E-state index contributed by atoms with van der Waals surface area (Å²) in [6, 6.07) is 12.8. The second kappa shape index (κ2) is 7.28. The Morgan fingerprint density at radius 3 is 2.00 bits per heavy atom. The largest absolute Gasteiger partial charge is 0.333 e. The van der Waals surface area contributed by atoms with Crippen molar-refractivity contribution in [2.24, 2.45) is 0 Å². The van der Waals surface area contributed by atoms with Crippen molar-refractivity contribution >= 4 is 21.7 Å². The number of rotatable bonds is 5. The molecule has 0 atom stereocenters. The Bertz CT molecular complexity index is 764. The molecule has 2 N–H and O–H groups in total. The lowest BCUT2D eigenvalue weighted by atomic mass is 10.0. The number of carbonyl (C=O) groups excluding carboxylic acids is 1. The Labute approximate surface area is 136 Å². The van der Waals surface area contributed by atoms with Crippen molar-refractivity contribution in [3.05, 3.63) is 59.7 Å². The third-order valence-electron chi connectivity index (χ3n) is 3.52. The summed E-state index contributed by atoms with van der Waals surface area (Å²) in [5.74, 6) is 0. The number of aryl methyl sites for hydroxylation is 2. The van der Waals surface area contributed by atoms with Crippen LogP contribution >= 0.6 is 0 Å². The molecule has 0 aliphatic heterocycles. The van der Waals surface area contributed by atoms with Gasteiger partial charge in [0.15, 0.2) is 0 Å². The van der Waals surface area contributed by atoms with Crippen LogP contribution in [0.5, 0.6) is 0 Å². The summed E-state index contributed by atoms with van der Waals surface area (Å²) in [4.78, 5) is 12.2. The van der Waals surface area contributed by atoms with E-state index in [1.807, 2.05) is 36.8 Å². The first-order valence-electron chi connectivity index (χ1n) is 7.47. The molecular weight excluding hydrogens is 312 g/mol. The van der Waals surface area contributed by atoms with Crippen molar-refractivity contribution < 1.29 is 13.2 Å². The van der Waals surface area contributed by atoms with E-state index in [1.54, 1.807) is 18.2 Å². The van der Waals surface area contributed by atoms with E-state index in [4.69, 9.17) is 0 Å². The predicted octanol–water partition coefficient (Wildman–Crippen LogP) is 3.32. The normalized spacial score (nSPS) is 11.0. The molecule has 0 fully saturated rings. The first-order valence-corrected chi connectivity index (χ1v) is 8.95. The van der Waals surface area contributed by atoms with E-state index in [0.717, 1.165) is 24.0 Å². The molecule has 2 aromatic carbocycles. The van der Waals surface area contributed by atoms with Gasteiger partial charge < -0.3 is 5.32 Å². The number of hydrogen-bond donors (Lipinski definition) is 2. The van der Waals surface area contributed by atoms with Gasteiger partial charge in [0.2, 0.25) is 0 Å². The maximum Gasteiger partial charge on any atom is 0.333 e. The topological polar surface area (TPSA) is 75.3 Å². The molecule has 6 heteroatoms. The Morgan fingerprint density at radius 2 is 1.48 bits per heavy atom. The van der Waals surface area contributed by atoms with E-state index in [-0.39, 0.29) is 4.90 Å². The van der Waals surface area contributed by atoms with Crippen molar-refractivity contribution in [2.75, 3.05) is 5.32 Å². The number of urea groups is 1. The number of carbonyl (C=O) groups is 1. The minimum Gasteiger partial charge on any atom is -0.307 e. The van der Waals surface area contributed by atoms with Gasteiger partial charge in [0.25, 0.3) is 10.0 Å². The van der Waals surface area contributed by atoms with Gasteiger partial charge in [0.1, 0.15) is 0 Å². The molecule has 0 aromatic heterocycles. The summed E-state index contributed by atoms with van der Waals surface area (Å²) in [5.41, 5.74) is 2.62. The summed E-state index contributed by atoms with van der Waals surface area (Å²) in [6.07, 6.45) is 1.49. The molecule has 0 heterocycles. The third-order valence-corrected chi connectivity index (χ3v) is 4.86. The van der Waals surface area contributed by atoms with Gasteiger partial charge in [0.05, 0.1) is 4.90 Å². The summed E-state index contributed by atoms with van der Waals surface area (Å²) in [5, 5.41) is 2.68. The molecule has 5 nitrogen and oxygen atoms in total. The molecule has 2 amide bonds. The van der Waals surface area contributed by atoms with Crippen LogP contribution in [-0.4, -0.2) is 14.4 Å². The molecule has 0 bridgehead atoms. The lowest BCUT2D eigenvalue weighted by Gasteiger charge is -2.15. The zero-order valence-electron chi connectivity index (χ0n) is 13.2. The molecule has 0 spiro atoms. The smallest absolute Gasteiger partial charge is 0.307 e. The molecule has 0 unspecified atom stereocenters. The number of para-hydroxylation sites is 1. The molecule has 23 heavy (non-hydrogen) atoms. The van der Waals surface area contributed by atoms with Crippen molar-refractivity contribution in [3.63, 3.8) is 0 Å². The van der Waals surface area contributed by atoms with Gasteiger partial charge in [-0.2, -0.15) is 0 Å². The molecule has 122 valence electrons. The SMILES string of the molecule is CCc1cccc(CC)c1NC(=O)NS(=O)(=O)c1ccccc1. The fraction of sp³-hybridized carbons (Fsp3) is 0.235. The molecule has 0 aliphatic carbocycles. The Kier molecular flexibility index (Phi) is 5.39. The molecule has 0 radical (unpaired) electrons. The zero-order chi connectivity index (χ0) is 16.9. The summed E-state index contributed by atoms with van der Waals surface area (Å²) in [7, 11) is -3.88. The lowest BCUT2D eigenvalue weighted by molar-refractivity contribution is 0.256. The average molecular weight is 332 g/mol. The average Bonchev–Trinajstić information content (AvgIpc) is 2.55. The van der Waals surface area contributed by atoms with Crippen LogP contribution in [-0.2, 0) is 22.9 Å². The minimum absolute atomic E-state index is 0.0506. The van der Waals surface area contributed by atoms with E-state index in [2.05, 4.69) is 5.32 Å². The van der Waals surface area contributed by atoms with Crippen LogP contribution < -0.4 is 10.0 Å². The summed E-state index contributed by atoms with van der Waals surface area (Å²) < 4.78 is 26.4. The first kappa shape index (κ1) is 17.0. The maximum atomic E-state index is 12.2. The summed E-state index contributed by atoms with van der Waals surface area (Å²) in [6.45, 7) is 3.97. The monoisotopic (exact) mass is 332 g/mol. The van der Waals surface area contributed by atoms with E-state index in [1.165, 1.54) is 12.1 Å². The van der Waals surface area contributed by atoms with Gasteiger partial charge in [-0.1, -0.05) is 50.2 Å². The highest BCUT2D eigenvalue weighted by molar-refractivity contribution is 7.90. The van der Waals surface area contributed by atoms with Crippen LogP contribution in [0.1, 0.15) is 25.0 Å². The van der Waals surface area contributed by atoms with Crippen molar-refractivity contribution in [1.29, 1.82) is 0 Å². The fourth-order valence-corrected chi connectivity index (χ4v) is 3.25. The van der Waals surface area contributed by atoms with Crippen LogP contribution in [0.4, 0.5) is 10.5 Å².